The van der Waals surface area contributed by atoms with Crippen LogP contribution in [0.5, 0.6) is 5.75 Å². The van der Waals surface area contributed by atoms with Crippen molar-refractivity contribution >= 4 is 21.6 Å². The number of ether oxygens (including phenoxy) is 1. The number of benzene rings is 2. The Bertz CT molecular complexity index is 1540. The van der Waals surface area contributed by atoms with Crippen LogP contribution in [0.2, 0.25) is 0 Å². The van der Waals surface area contributed by atoms with Crippen molar-refractivity contribution in [1.29, 1.82) is 5.26 Å². The molecule has 2 heterocycles. The van der Waals surface area contributed by atoms with Gasteiger partial charge in [0.25, 0.3) is 5.91 Å². The van der Waals surface area contributed by atoms with Gasteiger partial charge in [-0.05, 0) is 60.5 Å². The highest BCUT2D eigenvalue weighted by atomic mass is 32.2. The number of carbonyl (C=O) groups is 1. The molecule has 1 aliphatic rings. The smallest absolute Gasteiger partial charge is 0.416 e. The average molecular weight is 617 g/mol. The van der Waals surface area contributed by atoms with Gasteiger partial charge in [-0.3, -0.25) is 4.79 Å². The lowest BCUT2D eigenvalue weighted by molar-refractivity contribution is -0.137. The number of amides is 1. The number of alkyl halides is 3. The van der Waals surface area contributed by atoms with E-state index >= 15 is 0 Å². The van der Waals surface area contributed by atoms with E-state index in [0.29, 0.717) is 42.9 Å². The highest BCUT2D eigenvalue weighted by molar-refractivity contribution is 7.91. The van der Waals surface area contributed by atoms with Crippen LogP contribution in [0, 0.1) is 11.3 Å². The SMILES string of the molecule is CCS(=O)(=O)c1ccc([C@H](CO)NC(=O)c2ccc(N3CC(Oc4ccc(C(F)(F)F)cc4)C[C@H]3CCC#N)nc2)cc1. The number of nitrogens with zero attached hydrogens (tertiary/aromatic N) is 3. The van der Waals surface area contributed by atoms with E-state index in [2.05, 4.69) is 16.4 Å². The fourth-order valence-corrected chi connectivity index (χ4v) is 5.78. The molecule has 3 aromatic rings. The van der Waals surface area contributed by atoms with Crippen molar-refractivity contribution in [2.45, 2.75) is 55.4 Å². The predicted molar refractivity (Wildman–Crippen MR) is 152 cm³/mol. The highest BCUT2D eigenvalue weighted by Gasteiger charge is 2.35. The van der Waals surface area contributed by atoms with E-state index in [-0.39, 0.29) is 28.4 Å². The van der Waals surface area contributed by atoms with Crippen LogP contribution in [0.3, 0.4) is 0 Å². The van der Waals surface area contributed by atoms with Gasteiger partial charge in [-0.15, -0.1) is 0 Å². The van der Waals surface area contributed by atoms with Crippen molar-refractivity contribution < 1.29 is 36.2 Å². The van der Waals surface area contributed by atoms with Gasteiger partial charge in [-0.2, -0.15) is 18.4 Å². The number of sulfone groups is 1. The molecule has 2 aromatic carbocycles. The van der Waals surface area contributed by atoms with Gasteiger partial charge in [0.15, 0.2) is 9.84 Å². The largest absolute Gasteiger partial charge is 0.489 e. The van der Waals surface area contributed by atoms with Crippen LogP contribution in [0.1, 0.15) is 53.7 Å². The van der Waals surface area contributed by atoms with Crippen molar-refractivity contribution in [3.63, 3.8) is 0 Å². The number of hydrogen-bond donors (Lipinski definition) is 2. The molecule has 0 bridgehead atoms. The maximum atomic E-state index is 12.9. The van der Waals surface area contributed by atoms with Crippen LogP contribution < -0.4 is 15.0 Å². The number of aliphatic hydroxyl groups is 1. The molecule has 13 heteroatoms. The first kappa shape index (κ1) is 31.8. The molecular weight excluding hydrogens is 585 g/mol. The summed E-state index contributed by atoms with van der Waals surface area (Å²) in [5, 5.41) is 21.7. The molecule has 3 atom stereocenters. The van der Waals surface area contributed by atoms with Crippen LogP contribution in [0.25, 0.3) is 0 Å². The molecule has 1 unspecified atom stereocenters. The molecule has 4 rings (SSSR count). The van der Waals surface area contributed by atoms with E-state index in [1.807, 2.05) is 4.90 Å². The monoisotopic (exact) mass is 616 g/mol. The Morgan fingerprint density at radius 3 is 2.42 bits per heavy atom. The zero-order chi connectivity index (χ0) is 31.2. The number of aliphatic hydroxyl groups excluding tert-OH is 1. The zero-order valence-corrected chi connectivity index (χ0v) is 24.1. The predicted octanol–water partition coefficient (Wildman–Crippen LogP) is 4.69. The van der Waals surface area contributed by atoms with Gasteiger partial charge in [-0.1, -0.05) is 19.1 Å². The molecular formula is C30H31F3N4O5S. The molecule has 43 heavy (non-hydrogen) atoms. The Hall–Kier alpha value is -4.15. The minimum atomic E-state index is -4.44. The van der Waals surface area contributed by atoms with Crippen LogP contribution in [-0.4, -0.2) is 55.5 Å². The molecule has 1 fully saturated rings. The van der Waals surface area contributed by atoms with Crippen molar-refractivity contribution in [3.05, 3.63) is 83.6 Å². The fourth-order valence-electron chi connectivity index (χ4n) is 4.90. The summed E-state index contributed by atoms with van der Waals surface area (Å²) in [6.07, 6.45) is -2.05. The molecule has 0 saturated carbocycles. The summed E-state index contributed by atoms with van der Waals surface area (Å²) in [5.74, 6) is 0.316. The summed E-state index contributed by atoms with van der Waals surface area (Å²) >= 11 is 0. The third-order valence-corrected chi connectivity index (χ3v) is 9.01. The second kappa shape index (κ2) is 13.4. The van der Waals surface area contributed by atoms with Crippen molar-refractivity contribution in [1.82, 2.24) is 10.3 Å². The second-order valence-electron chi connectivity index (χ2n) is 10.1. The molecule has 0 radical (unpaired) electrons. The number of nitriles is 1. The van der Waals surface area contributed by atoms with E-state index < -0.39 is 40.1 Å². The Labute approximate surface area is 247 Å². The standard InChI is InChI=1S/C30H31F3N4O5S/c1-2-43(40,41)26-12-5-20(6-13-26)27(19-38)36-29(39)21-7-14-28(35-17-21)37-18-25(16-23(37)4-3-15-34)42-24-10-8-22(9-11-24)30(31,32)33/h5-14,17,23,25,27,38H,2-4,16,18-19H2,1H3,(H,36,39)/t23-,25?,27+/m1/s1. The van der Waals surface area contributed by atoms with Gasteiger partial charge >= 0.3 is 6.18 Å². The minimum Gasteiger partial charge on any atom is -0.489 e. The molecule has 2 N–H and O–H groups in total. The van der Waals surface area contributed by atoms with E-state index in [1.54, 1.807) is 31.2 Å². The maximum Gasteiger partial charge on any atom is 0.416 e. The molecule has 9 nitrogen and oxygen atoms in total. The molecule has 1 aromatic heterocycles. The number of hydrogen-bond acceptors (Lipinski definition) is 8. The van der Waals surface area contributed by atoms with Crippen LogP contribution >= 0.6 is 0 Å². The molecule has 0 spiro atoms. The number of aromatic nitrogens is 1. The fraction of sp³-hybridized carbons (Fsp3) is 0.367. The van der Waals surface area contributed by atoms with Crippen molar-refractivity contribution in [2.75, 3.05) is 23.8 Å². The summed E-state index contributed by atoms with van der Waals surface area (Å²) in [4.78, 5) is 19.5. The molecule has 1 saturated heterocycles. The summed E-state index contributed by atoms with van der Waals surface area (Å²) < 4.78 is 68.8. The summed E-state index contributed by atoms with van der Waals surface area (Å²) in [6, 6.07) is 14.9. The van der Waals surface area contributed by atoms with Gasteiger partial charge in [0.2, 0.25) is 0 Å². The lowest BCUT2D eigenvalue weighted by Crippen LogP contribution is -2.32. The van der Waals surface area contributed by atoms with Gasteiger partial charge in [0, 0.05) is 25.1 Å². The second-order valence-corrected chi connectivity index (χ2v) is 12.4. The Morgan fingerprint density at radius 2 is 1.86 bits per heavy atom. The van der Waals surface area contributed by atoms with E-state index in [0.717, 1.165) is 12.1 Å². The number of halogens is 3. The first-order chi connectivity index (χ1) is 20.4. The minimum absolute atomic E-state index is 0.0428. The molecule has 1 aliphatic heterocycles. The lowest BCUT2D eigenvalue weighted by Gasteiger charge is -2.25. The van der Waals surface area contributed by atoms with Crippen LogP contribution in [-0.2, 0) is 16.0 Å². The molecule has 1 amide bonds. The van der Waals surface area contributed by atoms with E-state index in [1.165, 1.54) is 30.5 Å². The van der Waals surface area contributed by atoms with Gasteiger partial charge in [0.05, 0.1) is 47.0 Å². The summed E-state index contributed by atoms with van der Waals surface area (Å²) in [7, 11) is -3.38. The third-order valence-electron chi connectivity index (χ3n) is 7.26. The number of carbonyl (C=O) groups excluding carboxylic acids is 1. The van der Waals surface area contributed by atoms with Gasteiger partial charge in [-0.25, -0.2) is 13.4 Å². The Balaban J connectivity index is 1.43. The number of rotatable bonds is 11. The Kier molecular flexibility index (Phi) is 9.93. The topological polar surface area (TPSA) is 133 Å². The first-order valence-corrected chi connectivity index (χ1v) is 15.3. The first-order valence-electron chi connectivity index (χ1n) is 13.6. The molecule has 0 aliphatic carbocycles. The lowest BCUT2D eigenvalue weighted by atomic mass is 10.1. The van der Waals surface area contributed by atoms with Gasteiger partial charge < -0.3 is 20.1 Å². The average Bonchev–Trinajstić information content (AvgIpc) is 3.40. The van der Waals surface area contributed by atoms with Crippen molar-refractivity contribution in [3.8, 4) is 11.8 Å². The van der Waals surface area contributed by atoms with Gasteiger partial charge in [0.1, 0.15) is 17.7 Å². The number of nitrogens with one attached hydrogen (secondary N) is 1. The summed E-state index contributed by atoms with van der Waals surface area (Å²) in [5.41, 5.74) is 0.00319. The third kappa shape index (κ3) is 7.82. The van der Waals surface area contributed by atoms with Crippen LogP contribution in [0.4, 0.5) is 19.0 Å². The highest BCUT2D eigenvalue weighted by Crippen LogP contribution is 2.33. The van der Waals surface area contributed by atoms with E-state index in [4.69, 9.17) is 10.00 Å². The summed E-state index contributed by atoms with van der Waals surface area (Å²) in [6.45, 7) is 1.52. The van der Waals surface area contributed by atoms with E-state index in [9.17, 15) is 31.5 Å². The zero-order valence-electron chi connectivity index (χ0n) is 23.3. The Morgan fingerprint density at radius 1 is 1.16 bits per heavy atom. The van der Waals surface area contributed by atoms with Crippen molar-refractivity contribution in [2.24, 2.45) is 0 Å². The number of pyridine rings is 1. The normalized spacial score (nSPS) is 17.7. The molecule has 228 valence electrons. The maximum absolute atomic E-state index is 12.9. The number of anilines is 1. The quantitative estimate of drug-likeness (QED) is 0.317. The van der Waals surface area contributed by atoms with Crippen LogP contribution in [0.15, 0.2) is 71.8 Å².